The number of benzene rings is 1. The van der Waals surface area contributed by atoms with Crippen LogP contribution >= 0.6 is 0 Å². The normalized spacial score (nSPS) is 12.8. The molecule has 0 radical (unpaired) electrons. The molecule has 1 aromatic carbocycles. The number of hydrogen-bond acceptors (Lipinski definition) is 5. The second-order valence-electron chi connectivity index (χ2n) is 7.35. The molecule has 4 heterocycles. The summed E-state index contributed by atoms with van der Waals surface area (Å²) < 4.78 is 23.9. The Hall–Kier alpha value is -3.68. The first kappa shape index (κ1) is 18.4. The summed E-state index contributed by atoms with van der Waals surface area (Å²) in [7, 11) is 1.90. The van der Waals surface area contributed by atoms with E-state index in [1.54, 1.807) is 12.3 Å². The highest BCUT2D eigenvalue weighted by atomic mass is 19.1. The highest BCUT2D eigenvalue weighted by Gasteiger charge is 2.22. The number of ether oxygens (including phenoxy) is 1. The lowest BCUT2D eigenvalue weighted by atomic mass is 9.96. The molecule has 30 heavy (non-hydrogen) atoms. The van der Waals surface area contributed by atoms with Gasteiger partial charge in [0.1, 0.15) is 12.4 Å². The van der Waals surface area contributed by atoms with Crippen LogP contribution in [-0.2, 0) is 26.6 Å². The number of aromatic nitrogens is 5. The number of nitrogen functional groups attached to an aromatic ring is 1. The summed E-state index contributed by atoms with van der Waals surface area (Å²) in [4.78, 5) is 4.30. The molecule has 1 aliphatic rings. The standard InChI is InChI=1S/C22H21FN6O/c1-3-29-21-14(11-27-29)6-13-10-26-28(2)20(13)15-8-19(22(24)25-9-15)30-12-16-7-17(23)4-5-18(16)21/h4-5,7-11H,3,6,12H2,1-2H3,(H2,24,25). The third-order valence-electron chi connectivity index (χ3n) is 5.47. The quantitative estimate of drug-likeness (QED) is 0.524. The van der Waals surface area contributed by atoms with Crippen molar-refractivity contribution in [1.29, 1.82) is 0 Å². The van der Waals surface area contributed by atoms with Gasteiger partial charge >= 0.3 is 0 Å². The first-order valence-corrected chi connectivity index (χ1v) is 9.78. The van der Waals surface area contributed by atoms with Gasteiger partial charge in [-0.2, -0.15) is 10.2 Å². The first-order valence-electron chi connectivity index (χ1n) is 9.78. The molecular formula is C22H21FN6O. The Morgan fingerprint density at radius 1 is 1.07 bits per heavy atom. The molecule has 0 aliphatic carbocycles. The highest BCUT2D eigenvalue weighted by molar-refractivity contribution is 5.71. The molecule has 8 heteroatoms. The average molecular weight is 404 g/mol. The second-order valence-corrected chi connectivity index (χ2v) is 7.35. The molecule has 3 aromatic heterocycles. The number of aryl methyl sites for hydroxylation is 2. The van der Waals surface area contributed by atoms with Crippen molar-refractivity contribution < 1.29 is 9.13 Å². The number of halogens is 1. The molecule has 7 nitrogen and oxygen atoms in total. The molecule has 5 rings (SSSR count). The van der Waals surface area contributed by atoms with Crippen molar-refractivity contribution in [1.82, 2.24) is 24.5 Å². The number of hydrogen-bond donors (Lipinski definition) is 1. The van der Waals surface area contributed by atoms with Crippen molar-refractivity contribution >= 4 is 5.82 Å². The van der Waals surface area contributed by atoms with Gasteiger partial charge < -0.3 is 10.5 Å². The van der Waals surface area contributed by atoms with E-state index in [9.17, 15) is 4.39 Å². The van der Waals surface area contributed by atoms with Crippen molar-refractivity contribution in [2.75, 3.05) is 5.73 Å². The SMILES string of the molecule is CCn1ncc2c1-c1ccc(F)cc1COc1cc(cnc1N)-c1c(cnn1C)C2. The fraction of sp³-hybridized carbons (Fsp3) is 0.227. The zero-order valence-corrected chi connectivity index (χ0v) is 16.8. The summed E-state index contributed by atoms with van der Waals surface area (Å²) in [5.41, 5.74) is 12.5. The van der Waals surface area contributed by atoms with E-state index in [0.717, 1.165) is 39.2 Å². The molecular weight excluding hydrogens is 383 g/mol. The monoisotopic (exact) mass is 404 g/mol. The maximum absolute atomic E-state index is 14.1. The van der Waals surface area contributed by atoms with Crippen LogP contribution in [-0.4, -0.2) is 24.5 Å². The summed E-state index contributed by atoms with van der Waals surface area (Å²) >= 11 is 0. The molecule has 0 fully saturated rings. The van der Waals surface area contributed by atoms with Gasteiger partial charge in [0.25, 0.3) is 0 Å². The van der Waals surface area contributed by atoms with Crippen LogP contribution in [0.25, 0.3) is 22.5 Å². The molecule has 0 spiro atoms. The van der Waals surface area contributed by atoms with Crippen LogP contribution in [0.5, 0.6) is 5.75 Å². The van der Waals surface area contributed by atoms with Crippen LogP contribution in [0.2, 0.25) is 0 Å². The molecule has 4 aromatic rings. The largest absolute Gasteiger partial charge is 0.485 e. The predicted octanol–water partition coefficient (Wildman–Crippen LogP) is 3.57. The fourth-order valence-electron chi connectivity index (χ4n) is 4.06. The Kier molecular flexibility index (Phi) is 4.27. The molecule has 2 bridgehead atoms. The number of rotatable bonds is 1. The second kappa shape index (κ2) is 6.98. The predicted molar refractivity (Wildman–Crippen MR) is 111 cm³/mol. The molecule has 0 unspecified atom stereocenters. The third kappa shape index (κ3) is 2.92. The lowest BCUT2D eigenvalue weighted by molar-refractivity contribution is 0.307. The zero-order valence-electron chi connectivity index (χ0n) is 16.8. The van der Waals surface area contributed by atoms with E-state index >= 15 is 0 Å². The topological polar surface area (TPSA) is 83.8 Å². The van der Waals surface area contributed by atoms with Crippen molar-refractivity contribution in [3.63, 3.8) is 0 Å². The van der Waals surface area contributed by atoms with Gasteiger partial charge in [-0.15, -0.1) is 0 Å². The van der Waals surface area contributed by atoms with Gasteiger partial charge in [-0.05, 0) is 31.2 Å². The lowest BCUT2D eigenvalue weighted by Crippen LogP contribution is -2.07. The van der Waals surface area contributed by atoms with Crippen LogP contribution in [0.1, 0.15) is 23.6 Å². The number of anilines is 1. The Bertz CT molecular complexity index is 1260. The van der Waals surface area contributed by atoms with Crippen molar-refractivity contribution in [3.8, 4) is 28.3 Å². The first-order chi connectivity index (χ1) is 14.5. The fourth-order valence-corrected chi connectivity index (χ4v) is 4.06. The number of nitrogens with zero attached hydrogens (tertiary/aromatic N) is 5. The van der Waals surface area contributed by atoms with Crippen LogP contribution < -0.4 is 10.5 Å². The smallest absolute Gasteiger partial charge is 0.166 e. The van der Waals surface area contributed by atoms with Gasteiger partial charge in [-0.25, -0.2) is 9.37 Å². The van der Waals surface area contributed by atoms with Gasteiger partial charge in [0.05, 0.1) is 23.8 Å². The van der Waals surface area contributed by atoms with E-state index in [-0.39, 0.29) is 18.2 Å². The average Bonchev–Trinajstić information content (AvgIpc) is 3.30. The van der Waals surface area contributed by atoms with Gasteiger partial charge in [0.2, 0.25) is 0 Å². The van der Waals surface area contributed by atoms with Gasteiger partial charge in [-0.1, -0.05) is 0 Å². The highest BCUT2D eigenvalue weighted by Crippen LogP contribution is 2.35. The van der Waals surface area contributed by atoms with Crippen LogP contribution in [0.4, 0.5) is 10.2 Å². The van der Waals surface area contributed by atoms with Gasteiger partial charge in [-0.3, -0.25) is 9.36 Å². The van der Waals surface area contributed by atoms with Crippen molar-refractivity contribution in [3.05, 3.63) is 65.4 Å². The van der Waals surface area contributed by atoms with E-state index in [1.165, 1.54) is 12.1 Å². The molecule has 0 amide bonds. The molecule has 0 saturated heterocycles. The van der Waals surface area contributed by atoms with Gasteiger partial charge in [0, 0.05) is 54.0 Å². The van der Waals surface area contributed by atoms with Gasteiger partial charge in [0.15, 0.2) is 11.6 Å². The third-order valence-corrected chi connectivity index (χ3v) is 5.47. The molecule has 1 aliphatic heterocycles. The Morgan fingerprint density at radius 2 is 1.87 bits per heavy atom. The number of pyridine rings is 1. The summed E-state index contributed by atoms with van der Waals surface area (Å²) in [5.74, 6) is 0.430. The maximum Gasteiger partial charge on any atom is 0.166 e. The lowest BCUT2D eigenvalue weighted by Gasteiger charge is -2.17. The summed E-state index contributed by atoms with van der Waals surface area (Å²) in [5, 5.41) is 9.03. The van der Waals surface area contributed by atoms with E-state index in [0.29, 0.717) is 18.7 Å². The molecule has 0 atom stereocenters. The summed E-state index contributed by atoms with van der Waals surface area (Å²) in [6, 6.07) is 6.61. The number of fused-ring (bicyclic) bond motifs is 7. The molecule has 2 N–H and O–H groups in total. The minimum Gasteiger partial charge on any atom is -0.485 e. The van der Waals surface area contributed by atoms with Crippen molar-refractivity contribution in [2.45, 2.75) is 26.5 Å². The number of nitrogens with two attached hydrogens (primary N) is 1. The Balaban J connectivity index is 1.79. The maximum atomic E-state index is 14.1. The minimum atomic E-state index is -0.317. The van der Waals surface area contributed by atoms with Crippen LogP contribution in [0.3, 0.4) is 0 Å². The van der Waals surface area contributed by atoms with E-state index in [1.807, 2.05) is 41.8 Å². The Labute approximate surface area is 172 Å². The Morgan fingerprint density at radius 3 is 2.70 bits per heavy atom. The van der Waals surface area contributed by atoms with E-state index in [4.69, 9.17) is 10.5 Å². The van der Waals surface area contributed by atoms with E-state index in [2.05, 4.69) is 15.2 Å². The summed E-state index contributed by atoms with van der Waals surface area (Å²) in [6.07, 6.45) is 6.09. The summed E-state index contributed by atoms with van der Waals surface area (Å²) in [6.45, 7) is 2.90. The molecule has 152 valence electrons. The van der Waals surface area contributed by atoms with Crippen LogP contribution in [0, 0.1) is 5.82 Å². The van der Waals surface area contributed by atoms with Crippen molar-refractivity contribution in [2.24, 2.45) is 7.05 Å². The molecule has 0 saturated carbocycles. The zero-order chi connectivity index (χ0) is 20.8. The van der Waals surface area contributed by atoms with E-state index < -0.39 is 0 Å². The van der Waals surface area contributed by atoms with Crippen LogP contribution in [0.15, 0.2) is 42.9 Å². The minimum absolute atomic E-state index is 0.162.